The smallest absolute Gasteiger partial charge is 0.337 e. The van der Waals surface area contributed by atoms with Crippen LogP contribution in [0.2, 0.25) is 5.02 Å². The van der Waals surface area contributed by atoms with Crippen LogP contribution in [0.4, 0.5) is 10.3 Å². The maximum Gasteiger partial charge on any atom is 0.337 e. The van der Waals surface area contributed by atoms with Crippen molar-refractivity contribution in [1.29, 1.82) is 0 Å². The zero-order valence-corrected chi connectivity index (χ0v) is 14.9. The van der Waals surface area contributed by atoms with Crippen molar-refractivity contribution in [2.24, 2.45) is 0 Å². The van der Waals surface area contributed by atoms with Crippen molar-refractivity contribution in [3.05, 3.63) is 70.5 Å². The van der Waals surface area contributed by atoms with E-state index in [0.29, 0.717) is 22.4 Å². The van der Waals surface area contributed by atoms with E-state index in [1.807, 2.05) is 0 Å². The number of hydrogen-bond acceptors (Lipinski definition) is 5. The highest BCUT2D eigenvalue weighted by Crippen LogP contribution is 2.29. The molecule has 1 N–H and O–H groups in total. The quantitative estimate of drug-likeness (QED) is 0.665. The molecule has 0 aliphatic rings. The van der Waals surface area contributed by atoms with Crippen LogP contribution in [-0.4, -0.2) is 24.1 Å². The maximum atomic E-state index is 13.1. The van der Waals surface area contributed by atoms with Gasteiger partial charge in [-0.3, -0.25) is 10.1 Å². The molecular weight excluding hydrogens is 375 g/mol. The number of halogens is 2. The van der Waals surface area contributed by atoms with E-state index < -0.39 is 11.8 Å². The summed E-state index contributed by atoms with van der Waals surface area (Å²) in [7, 11) is 1.30. The normalized spacial score (nSPS) is 10.5. The van der Waals surface area contributed by atoms with Gasteiger partial charge in [0.15, 0.2) is 0 Å². The Labute approximate surface area is 158 Å². The number of benzene rings is 2. The molecule has 27 heavy (non-hydrogen) atoms. The molecule has 0 saturated carbocycles. The number of methoxy groups -OCH3 is 1. The molecule has 0 radical (unpaired) electrons. The van der Waals surface area contributed by atoms with E-state index in [0.717, 1.165) is 0 Å². The minimum absolute atomic E-state index is 0.0782. The Morgan fingerprint density at radius 2 is 1.93 bits per heavy atom. The van der Waals surface area contributed by atoms with E-state index in [1.54, 1.807) is 24.3 Å². The van der Waals surface area contributed by atoms with Crippen LogP contribution >= 0.6 is 11.6 Å². The van der Waals surface area contributed by atoms with Crippen LogP contribution < -0.4 is 5.32 Å². The summed E-state index contributed by atoms with van der Waals surface area (Å²) in [4.78, 5) is 23.5. The van der Waals surface area contributed by atoms with Gasteiger partial charge >= 0.3 is 5.97 Å². The fraction of sp³-hybridized carbons (Fsp3) is 0.105. The van der Waals surface area contributed by atoms with E-state index in [2.05, 4.69) is 15.2 Å². The first-order valence-corrected chi connectivity index (χ1v) is 8.23. The number of carbonyl (C=O) groups excluding carboxylic acids is 2. The lowest BCUT2D eigenvalue weighted by Gasteiger charge is -2.03. The van der Waals surface area contributed by atoms with Gasteiger partial charge in [0.25, 0.3) is 0 Å². The minimum Gasteiger partial charge on any atom is -0.465 e. The first-order valence-electron chi connectivity index (χ1n) is 7.85. The average Bonchev–Trinajstić information content (AvgIpc) is 3.09. The summed E-state index contributed by atoms with van der Waals surface area (Å²) in [6.45, 7) is 0. The Bertz CT molecular complexity index is 986. The van der Waals surface area contributed by atoms with Crippen LogP contribution in [0, 0.1) is 5.82 Å². The SMILES string of the molecule is COC(=O)c1ccc(CC(=O)Nc2cc(-c3ccc(F)cc3Cl)no2)cc1. The third kappa shape index (κ3) is 4.51. The number of rotatable bonds is 5. The number of aromatic nitrogens is 1. The van der Waals surface area contributed by atoms with Crippen molar-refractivity contribution >= 4 is 29.4 Å². The summed E-state index contributed by atoms with van der Waals surface area (Å²) in [6.07, 6.45) is 0.0782. The highest BCUT2D eigenvalue weighted by atomic mass is 35.5. The monoisotopic (exact) mass is 388 g/mol. The van der Waals surface area contributed by atoms with Gasteiger partial charge in [0.1, 0.15) is 11.5 Å². The topological polar surface area (TPSA) is 81.4 Å². The molecule has 1 heterocycles. The van der Waals surface area contributed by atoms with Gasteiger partial charge in [-0.2, -0.15) is 0 Å². The zero-order chi connectivity index (χ0) is 19.4. The molecule has 0 unspecified atom stereocenters. The first-order chi connectivity index (χ1) is 13.0. The lowest BCUT2D eigenvalue weighted by molar-refractivity contribution is -0.115. The Kier molecular flexibility index (Phi) is 5.52. The van der Waals surface area contributed by atoms with E-state index in [4.69, 9.17) is 16.1 Å². The molecule has 1 amide bonds. The van der Waals surface area contributed by atoms with E-state index in [9.17, 15) is 14.0 Å². The highest BCUT2D eigenvalue weighted by Gasteiger charge is 2.13. The summed E-state index contributed by atoms with van der Waals surface area (Å²) in [5, 5.41) is 6.60. The molecule has 2 aromatic carbocycles. The van der Waals surface area contributed by atoms with E-state index in [-0.39, 0.29) is 23.2 Å². The minimum atomic E-state index is -0.459. The molecule has 0 fully saturated rings. The van der Waals surface area contributed by atoms with Crippen LogP contribution in [0.15, 0.2) is 53.1 Å². The van der Waals surface area contributed by atoms with Crippen molar-refractivity contribution in [3.63, 3.8) is 0 Å². The molecule has 3 rings (SSSR count). The third-order valence-corrected chi connectivity index (χ3v) is 4.03. The van der Waals surface area contributed by atoms with Crippen LogP contribution in [0.3, 0.4) is 0 Å². The summed E-state index contributed by atoms with van der Waals surface area (Å²) >= 11 is 5.99. The predicted octanol–water partition coefficient (Wildman–Crippen LogP) is 4.10. The number of nitrogens with zero attached hydrogens (tertiary/aromatic N) is 1. The van der Waals surface area contributed by atoms with Crippen LogP contribution in [0.25, 0.3) is 11.3 Å². The molecule has 0 saturated heterocycles. The molecule has 0 aliphatic carbocycles. The van der Waals surface area contributed by atoms with Gasteiger partial charge in [0, 0.05) is 11.6 Å². The van der Waals surface area contributed by atoms with Crippen molar-refractivity contribution in [2.45, 2.75) is 6.42 Å². The van der Waals surface area contributed by atoms with Crippen molar-refractivity contribution < 1.29 is 23.2 Å². The van der Waals surface area contributed by atoms with Gasteiger partial charge in [-0.15, -0.1) is 0 Å². The summed E-state index contributed by atoms with van der Waals surface area (Å²) in [6, 6.07) is 11.9. The number of amides is 1. The molecule has 0 bridgehead atoms. The predicted molar refractivity (Wildman–Crippen MR) is 97.0 cm³/mol. The highest BCUT2D eigenvalue weighted by molar-refractivity contribution is 6.33. The second-order valence-electron chi connectivity index (χ2n) is 5.61. The molecule has 0 aliphatic heterocycles. The van der Waals surface area contributed by atoms with Gasteiger partial charge < -0.3 is 9.26 Å². The number of ether oxygens (including phenoxy) is 1. The first kappa shape index (κ1) is 18.6. The van der Waals surface area contributed by atoms with Gasteiger partial charge in [0.2, 0.25) is 11.8 Å². The Hall–Kier alpha value is -3.19. The largest absolute Gasteiger partial charge is 0.465 e. The zero-order valence-electron chi connectivity index (χ0n) is 14.2. The fourth-order valence-electron chi connectivity index (χ4n) is 2.40. The number of carbonyl (C=O) groups is 2. The van der Waals surface area contributed by atoms with Crippen LogP contribution in [0.5, 0.6) is 0 Å². The Morgan fingerprint density at radius 3 is 2.59 bits per heavy atom. The van der Waals surface area contributed by atoms with Gasteiger partial charge in [0.05, 0.1) is 24.1 Å². The fourth-order valence-corrected chi connectivity index (χ4v) is 2.67. The second-order valence-corrected chi connectivity index (χ2v) is 6.02. The lowest BCUT2D eigenvalue weighted by Crippen LogP contribution is -2.14. The molecule has 0 atom stereocenters. The molecule has 138 valence electrons. The van der Waals surface area contributed by atoms with E-state index >= 15 is 0 Å². The van der Waals surface area contributed by atoms with Crippen LogP contribution in [0.1, 0.15) is 15.9 Å². The van der Waals surface area contributed by atoms with Crippen molar-refractivity contribution in [2.75, 3.05) is 12.4 Å². The van der Waals surface area contributed by atoms with Gasteiger partial charge in [-0.05, 0) is 35.9 Å². The number of hydrogen-bond donors (Lipinski definition) is 1. The summed E-state index contributed by atoms with van der Waals surface area (Å²) in [5.74, 6) is -1.09. The van der Waals surface area contributed by atoms with Crippen molar-refractivity contribution in [3.8, 4) is 11.3 Å². The van der Waals surface area contributed by atoms with Crippen LogP contribution in [-0.2, 0) is 16.0 Å². The second kappa shape index (κ2) is 8.01. The molecule has 6 nitrogen and oxygen atoms in total. The molecule has 1 aromatic heterocycles. The average molecular weight is 389 g/mol. The Balaban J connectivity index is 1.65. The number of anilines is 1. The lowest BCUT2D eigenvalue weighted by atomic mass is 10.1. The summed E-state index contributed by atoms with van der Waals surface area (Å²) < 4.78 is 22.8. The number of esters is 1. The standard InChI is InChI=1S/C19H14ClFN2O4/c1-26-19(25)12-4-2-11(3-5-12)8-17(24)22-18-10-16(23-27-18)14-7-6-13(21)9-15(14)20/h2-7,9-10H,8H2,1H3,(H,22,24). The van der Waals surface area contributed by atoms with Crippen molar-refractivity contribution in [1.82, 2.24) is 5.16 Å². The molecule has 3 aromatic rings. The number of nitrogens with one attached hydrogen (secondary N) is 1. The molecule has 8 heteroatoms. The molecular formula is C19H14ClFN2O4. The van der Waals surface area contributed by atoms with E-state index in [1.165, 1.54) is 31.4 Å². The van der Waals surface area contributed by atoms with Gasteiger partial charge in [-0.25, -0.2) is 9.18 Å². The summed E-state index contributed by atoms with van der Waals surface area (Å²) in [5.41, 5.74) is 1.97. The molecule has 0 spiro atoms. The van der Waals surface area contributed by atoms with Gasteiger partial charge in [-0.1, -0.05) is 28.9 Å². The third-order valence-electron chi connectivity index (χ3n) is 3.72. The Morgan fingerprint density at radius 1 is 1.19 bits per heavy atom. The maximum absolute atomic E-state index is 13.1.